The van der Waals surface area contributed by atoms with Crippen LogP contribution in [0.1, 0.15) is 16.1 Å². The van der Waals surface area contributed by atoms with Gasteiger partial charge in [-0.1, -0.05) is 60.1 Å². The molecule has 0 bridgehead atoms. The lowest BCUT2D eigenvalue weighted by molar-refractivity contribution is 0.0950. The van der Waals surface area contributed by atoms with Gasteiger partial charge in [-0.15, -0.1) is 0 Å². The molecule has 1 heterocycles. The molecule has 0 atom stereocenters. The number of rotatable bonds is 4. The van der Waals surface area contributed by atoms with Crippen LogP contribution in [0.4, 0.5) is 0 Å². The predicted octanol–water partition coefficient (Wildman–Crippen LogP) is 4.35. The molecule has 6 nitrogen and oxygen atoms in total. The minimum Gasteiger partial charge on any atom is -0.507 e. The van der Waals surface area contributed by atoms with E-state index in [1.165, 1.54) is 6.21 Å². The number of H-pyrrole nitrogens is 1. The second kappa shape index (κ2) is 7.54. The maximum Gasteiger partial charge on any atom is 0.289 e. The molecule has 0 saturated carbocycles. The van der Waals surface area contributed by atoms with Crippen molar-refractivity contribution in [2.45, 2.75) is 0 Å². The first-order valence-electron chi connectivity index (χ1n) is 8.48. The molecule has 0 radical (unpaired) electrons. The van der Waals surface area contributed by atoms with Crippen molar-refractivity contribution in [3.63, 3.8) is 0 Å². The van der Waals surface area contributed by atoms with Crippen molar-refractivity contribution in [1.82, 2.24) is 15.6 Å². The average Bonchev–Trinajstić information content (AvgIpc) is 3.20. The number of carbonyl (C=O) groups excluding carboxylic acids is 1. The minimum atomic E-state index is -0.457. The summed E-state index contributed by atoms with van der Waals surface area (Å²) in [6, 6.07) is 19.9. The van der Waals surface area contributed by atoms with E-state index in [1.807, 2.05) is 48.5 Å². The molecule has 0 fully saturated rings. The second-order valence-corrected chi connectivity index (χ2v) is 6.47. The number of nitrogens with zero attached hydrogens (tertiary/aromatic N) is 2. The molecule has 0 aliphatic heterocycles. The molecular formula is C21H15ClN4O2. The lowest BCUT2D eigenvalue weighted by atomic mass is 10.0. The Morgan fingerprint density at radius 1 is 1.11 bits per heavy atom. The van der Waals surface area contributed by atoms with Gasteiger partial charge in [-0.25, -0.2) is 5.43 Å². The highest BCUT2D eigenvalue weighted by atomic mass is 35.5. The number of hydrogen-bond donors (Lipinski definition) is 3. The molecule has 4 rings (SSSR count). The highest BCUT2D eigenvalue weighted by Crippen LogP contribution is 2.26. The van der Waals surface area contributed by atoms with Gasteiger partial charge in [0, 0.05) is 11.1 Å². The molecular weight excluding hydrogens is 376 g/mol. The Balaban J connectivity index is 1.53. The van der Waals surface area contributed by atoms with E-state index >= 15 is 0 Å². The summed E-state index contributed by atoms with van der Waals surface area (Å²) in [7, 11) is 0. The lowest BCUT2D eigenvalue weighted by Crippen LogP contribution is -2.18. The zero-order chi connectivity index (χ0) is 19.5. The first-order valence-corrected chi connectivity index (χ1v) is 8.86. The number of phenols is 1. The summed E-state index contributed by atoms with van der Waals surface area (Å²) in [6.45, 7) is 0. The number of amides is 1. The van der Waals surface area contributed by atoms with Crippen LogP contribution < -0.4 is 5.43 Å². The molecule has 0 spiro atoms. The van der Waals surface area contributed by atoms with Crippen LogP contribution in [-0.4, -0.2) is 27.4 Å². The molecule has 138 valence electrons. The van der Waals surface area contributed by atoms with Crippen molar-refractivity contribution in [1.29, 1.82) is 0 Å². The summed E-state index contributed by atoms with van der Waals surface area (Å²) in [5.41, 5.74) is 4.49. The summed E-state index contributed by atoms with van der Waals surface area (Å²) < 4.78 is 0. The average molecular weight is 391 g/mol. The van der Waals surface area contributed by atoms with Gasteiger partial charge in [0.25, 0.3) is 5.91 Å². The summed E-state index contributed by atoms with van der Waals surface area (Å²) in [4.78, 5) is 12.3. The summed E-state index contributed by atoms with van der Waals surface area (Å²) in [5.74, 6) is -0.374. The fourth-order valence-electron chi connectivity index (χ4n) is 2.88. The lowest BCUT2D eigenvalue weighted by Gasteiger charge is -2.04. The quantitative estimate of drug-likeness (QED) is 0.357. The monoisotopic (exact) mass is 390 g/mol. The highest BCUT2D eigenvalue weighted by Gasteiger charge is 2.12. The molecule has 1 amide bonds. The molecule has 0 aliphatic carbocycles. The highest BCUT2D eigenvalue weighted by molar-refractivity contribution is 6.33. The number of hydrogen-bond acceptors (Lipinski definition) is 4. The molecule has 1 aromatic heterocycles. The molecule has 0 aliphatic rings. The second-order valence-electron chi connectivity index (χ2n) is 6.07. The van der Waals surface area contributed by atoms with E-state index in [1.54, 1.807) is 18.2 Å². The van der Waals surface area contributed by atoms with Crippen LogP contribution in [0, 0.1) is 0 Å². The van der Waals surface area contributed by atoms with Crippen LogP contribution in [0.3, 0.4) is 0 Å². The fraction of sp³-hybridized carbons (Fsp3) is 0. The zero-order valence-electron chi connectivity index (χ0n) is 14.6. The Bertz CT molecular complexity index is 1200. The first-order chi connectivity index (χ1) is 13.6. The standard InChI is InChI=1S/C21H15ClN4O2/c22-17-8-4-3-7-15(17)18-11-19(25-24-18)21(28)26-23-12-16-14-6-2-1-5-13(14)9-10-20(16)27/h1-12,27H,(H,24,25)(H,26,28)/b23-12+. The maximum atomic E-state index is 12.3. The molecule has 28 heavy (non-hydrogen) atoms. The SMILES string of the molecule is O=C(N/N=C/c1c(O)ccc2ccccc12)c1cc(-c2ccccc2Cl)n[nH]1. The number of aromatic nitrogens is 2. The number of phenolic OH excluding ortho intramolecular Hbond substituents is 1. The number of benzene rings is 3. The Morgan fingerprint density at radius 2 is 1.89 bits per heavy atom. The fourth-order valence-corrected chi connectivity index (χ4v) is 3.11. The Labute approximate surface area is 165 Å². The van der Waals surface area contributed by atoms with E-state index in [0.717, 1.165) is 16.3 Å². The van der Waals surface area contributed by atoms with Crippen molar-refractivity contribution in [3.05, 3.63) is 83.0 Å². The van der Waals surface area contributed by atoms with Gasteiger partial charge in [-0.05, 0) is 29.0 Å². The Hall–Kier alpha value is -3.64. The van der Waals surface area contributed by atoms with Crippen LogP contribution >= 0.6 is 11.6 Å². The van der Waals surface area contributed by atoms with Crippen molar-refractivity contribution in [3.8, 4) is 17.0 Å². The zero-order valence-corrected chi connectivity index (χ0v) is 15.3. The number of nitrogens with one attached hydrogen (secondary N) is 2. The van der Waals surface area contributed by atoms with E-state index in [9.17, 15) is 9.90 Å². The number of carbonyl (C=O) groups is 1. The van der Waals surface area contributed by atoms with Crippen LogP contribution in [0.2, 0.25) is 5.02 Å². The number of halogens is 1. The molecule has 3 N–H and O–H groups in total. The van der Waals surface area contributed by atoms with Crippen LogP contribution in [0.5, 0.6) is 5.75 Å². The number of hydrazone groups is 1. The van der Waals surface area contributed by atoms with Gasteiger partial charge < -0.3 is 5.11 Å². The van der Waals surface area contributed by atoms with Gasteiger partial charge in [0.2, 0.25) is 0 Å². The van der Waals surface area contributed by atoms with Crippen molar-refractivity contribution in [2.75, 3.05) is 0 Å². The summed E-state index contributed by atoms with van der Waals surface area (Å²) in [6.07, 6.45) is 1.42. The Kier molecular flexibility index (Phi) is 4.78. The molecule has 3 aromatic carbocycles. The van der Waals surface area contributed by atoms with E-state index in [4.69, 9.17) is 11.6 Å². The van der Waals surface area contributed by atoms with E-state index in [-0.39, 0.29) is 11.4 Å². The van der Waals surface area contributed by atoms with E-state index in [0.29, 0.717) is 16.3 Å². The van der Waals surface area contributed by atoms with Crippen molar-refractivity contribution < 1.29 is 9.90 Å². The number of fused-ring (bicyclic) bond motifs is 1. The third-order valence-electron chi connectivity index (χ3n) is 4.28. The number of aromatic amines is 1. The third kappa shape index (κ3) is 3.45. The smallest absolute Gasteiger partial charge is 0.289 e. The van der Waals surface area contributed by atoms with Gasteiger partial charge in [-0.3, -0.25) is 9.89 Å². The van der Waals surface area contributed by atoms with Crippen molar-refractivity contribution >= 4 is 34.5 Å². The van der Waals surface area contributed by atoms with E-state index in [2.05, 4.69) is 20.7 Å². The molecule has 7 heteroatoms. The maximum absolute atomic E-state index is 12.3. The largest absolute Gasteiger partial charge is 0.507 e. The van der Waals surface area contributed by atoms with Crippen molar-refractivity contribution in [2.24, 2.45) is 5.10 Å². The third-order valence-corrected chi connectivity index (χ3v) is 4.61. The van der Waals surface area contributed by atoms with Crippen LogP contribution in [0.25, 0.3) is 22.0 Å². The number of aromatic hydroxyl groups is 1. The van der Waals surface area contributed by atoms with Gasteiger partial charge in [-0.2, -0.15) is 10.2 Å². The molecule has 4 aromatic rings. The van der Waals surface area contributed by atoms with Crippen LogP contribution in [0.15, 0.2) is 71.8 Å². The van der Waals surface area contributed by atoms with Crippen LogP contribution in [-0.2, 0) is 0 Å². The summed E-state index contributed by atoms with van der Waals surface area (Å²) >= 11 is 6.16. The van der Waals surface area contributed by atoms with Gasteiger partial charge in [0.1, 0.15) is 11.4 Å². The minimum absolute atomic E-state index is 0.0826. The van der Waals surface area contributed by atoms with Gasteiger partial charge in [0.05, 0.1) is 16.9 Å². The normalized spacial score (nSPS) is 11.2. The topological polar surface area (TPSA) is 90.4 Å². The van der Waals surface area contributed by atoms with Gasteiger partial charge >= 0.3 is 0 Å². The molecule has 0 unspecified atom stereocenters. The molecule has 0 saturated heterocycles. The summed E-state index contributed by atoms with van der Waals surface area (Å²) in [5, 5.41) is 23.2. The van der Waals surface area contributed by atoms with E-state index < -0.39 is 5.91 Å². The Morgan fingerprint density at radius 3 is 2.75 bits per heavy atom. The first kappa shape index (κ1) is 17.8. The predicted molar refractivity (Wildman–Crippen MR) is 110 cm³/mol. The van der Waals surface area contributed by atoms with Gasteiger partial charge in [0.15, 0.2) is 0 Å².